The zero-order chi connectivity index (χ0) is 17.5. The van der Waals surface area contributed by atoms with E-state index < -0.39 is 0 Å². The van der Waals surface area contributed by atoms with Crippen LogP contribution in [-0.4, -0.2) is 17.1 Å². The molecule has 0 aromatic carbocycles. The molecule has 1 saturated carbocycles. The van der Waals surface area contributed by atoms with E-state index in [1.807, 2.05) is 6.07 Å². The van der Waals surface area contributed by atoms with Gasteiger partial charge in [0.05, 0.1) is 24.0 Å². The highest BCUT2D eigenvalue weighted by molar-refractivity contribution is 5.82. The van der Waals surface area contributed by atoms with Crippen LogP contribution in [0.3, 0.4) is 0 Å². The van der Waals surface area contributed by atoms with E-state index in [0.29, 0.717) is 18.4 Å². The van der Waals surface area contributed by atoms with Gasteiger partial charge in [0.15, 0.2) is 0 Å². The highest BCUT2D eigenvalue weighted by Crippen LogP contribution is 2.27. The van der Waals surface area contributed by atoms with Crippen LogP contribution in [0.15, 0.2) is 51.8 Å². The predicted molar refractivity (Wildman–Crippen MR) is 99.1 cm³/mol. The predicted octanol–water partition coefficient (Wildman–Crippen LogP) is 4.21. The fourth-order valence-electron chi connectivity index (χ4n) is 3.40. The van der Waals surface area contributed by atoms with E-state index in [0.717, 1.165) is 36.5 Å². The molecule has 1 fully saturated rings. The van der Waals surface area contributed by atoms with Crippen LogP contribution >= 0.6 is 0 Å². The zero-order valence-corrected chi connectivity index (χ0v) is 14.7. The number of aliphatic imine (C=N–C) groups is 1. The van der Waals surface area contributed by atoms with Gasteiger partial charge in [0.2, 0.25) is 0 Å². The first-order chi connectivity index (χ1) is 12.2. The third-order valence-corrected chi connectivity index (χ3v) is 4.70. The number of rotatable bonds is 7. The molecule has 0 bridgehead atoms. The van der Waals surface area contributed by atoms with Gasteiger partial charge in [-0.1, -0.05) is 29.8 Å². The molecule has 5 nitrogen and oxygen atoms in total. The monoisotopic (exact) mass is 341 g/mol. The van der Waals surface area contributed by atoms with E-state index in [1.165, 1.54) is 43.9 Å². The third kappa shape index (κ3) is 5.34. The minimum absolute atomic E-state index is 0.427. The summed E-state index contributed by atoms with van der Waals surface area (Å²) in [7, 11) is 0. The van der Waals surface area contributed by atoms with Gasteiger partial charge in [0, 0.05) is 25.1 Å². The maximum atomic E-state index is 6.15. The average molecular weight is 341 g/mol. The van der Waals surface area contributed by atoms with Crippen molar-refractivity contribution in [3.63, 3.8) is 0 Å². The van der Waals surface area contributed by atoms with E-state index >= 15 is 0 Å². The Bertz CT molecular complexity index is 679. The molecule has 2 aliphatic rings. The fraction of sp³-hybridized carbons (Fsp3) is 0.500. The maximum Gasteiger partial charge on any atom is 0.144 e. The Morgan fingerprint density at radius 2 is 2.16 bits per heavy atom. The summed E-state index contributed by atoms with van der Waals surface area (Å²) in [6.45, 7) is 3.53. The van der Waals surface area contributed by atoms with Gasteiger partial charge < -0.3 is 15.0 Å². The van der Waals surface area contributed by atoms with Gasteiger partial charge in [-0.2, -0.15) is 0 Å². The van der Waals surface area contributed by atoms with Crippen LogP contribution in [0.4, 0.5) is 0 Å². The van der Waals surface area contributed by atoms with Crippen LogP contribution in [-0.2, 0) is 17.6 Å². The Balaban J connectivity index is 1.52. The van der Waals surface area contributed by atoms with Crippen LogP contribution in [0.1, 0.15) is 56.4 Å². The number of allylic oxidation sites excluding steroid dienone is 4. The lowest BCUT2D eigenvalue weighted by Crippen LogP contribution is -2.17. The lowest BCUT2D eigenvalue weighted by atomic mass is 9.96. The highest BCUT2D eigenvalue weighted by atomic mass is 16.5. The molecule has 0 radical (unpaired) electrons. The molecule has 0 spiro atoms. The van der Waals surface area contributed by atoms with Crippen molar-refractivity contribution in [2.24, 2.45) is 10.7 Å². The largest absolute Gasteiger partial charge is 0.495 e. The summed E-state index contributed by atoms with van der Waals surface area (Å²) in [4.78, 5) is 3.94. The standard InChI is InChI=1S/C20H27N3O2/c1-2-22-20(21)14-19-13-16(23-25-19)12-15-8-10-18(11-9-15)24-17-6-4-3-5-7-17/h2,8,10,13,17H,1,3-7,9,11-12,14H2,(H2,21,22). The van der Waals surface area contributed by atoms with Crippen molar-refractivity contribution in [2.45, 2.75) is 63.9 Å². The lowest BCUT2D eigenvalue weighted by Gasteiger charge is -2.25. The second kappa shape index (κ2) is 8.70. The lowest BCUT2D eigenvalue weighted by molar-refractivity contribution is 0.0766. The van der Waals surface area contributed by atoms with Crippen LogP contribution < -0.4 is 5.73 Å². The molecule has 0 saturated heterocycles. The van der Waals surface area contributed by atoms with Gasteiger partial charge in [-0.25, -0.2) is 4.99 Å². The molecule has 3 rings (SSSR count). The minimum Gasteiger partial charge on any atom is -0.495 e. The SMILES string of the molecule is C=CN=C(N)Cc1cc(CC2=CC=C(OC3CCCCC3)CC2)no1. The van der Waals surface area contributed by atoms with Crippen molar-refractivity contribution in [1.29, 1.82) is 0 Å². The summed E-state index contributed by atoms with van der Waals surface area (Å²) < 4.78 is 11.5. The number of hydrogen-bond donors (Lipinski definition) is 1. The van der Waals surface area contributed by atoms with Crippen molar-refractivity contribution < 1.29 is 9.26 Å². The Morgan fingerprint density at radius 1 is 1.32 bits per heavy atom. The van der Waals surface area contributed by atoms with E-state index in [2.05, 4.69) is 28.9 Å². The molecule has 0 aliphatic heterocycles. The summed E-state index contributed by atoms with van der Waals surface area (Å²) in [5.74, 6) is 2.33. The number of hydrogen-bond acceptors (Lipinski definition) is 4. The van der Waals surface area contributed by atoms with Gasteiger partial charge in [-0.15, -0.1) is 0 Å². The number of nitrogens with two attached hydrogens (primary N) is 1. The molecule has 2 aliphatic carbocycles. The van der Waals surface area contributed by atoms with Crippen molar-refractivity contribution in [2.75, 3.05) is 0 Å². The van der Waals surface area contributed by atoms with Gasteiger partial charge in [-0.05, 0) is 38.2 Å². The summed E-state index contributed by atoms with van der Waals surface area (Å²) in [6, 6.07) is 1.95. The number of nitrogens with zero attached hydrogens (tertiary/aromatic N) is 2. The summed E-state index contributed by atoms with van der Waals surface area (Å²) >= 11 is 0. The first-order valence-electron chi connectivity index (χ1n) is 9.15. The minimum atomic E-state index is 0.427. The average Bonchev–Trinajstić information content (AvgIpc) is 3.04. The molecule has 5 heteroatoms. The zero-order valence-electron chi connectivity index (χ0n) is 14.7. The van der Waals surface area contributed by atoms with E-state index in [9.17, 15) is 0 Å². The van der Waals surface area contributed by atoms with Gasteiger partial charge in [-0.3, -0.25) is 0 Å². The maximum absolute atomic E-state index is 6.15. The third-order valence-electron chi connectivity index (χ3n) is 4.70. The Labute approximate surface area is 149 Å². The van der Waals surface area contributed by atoms with Crippen LogP contribution in [0.2, 0.25) is 0 Å². The van der Waals surface area contributed by atoms with Crippen LogP contribution in [0, 0.1) is 0 Å². The van der Waals surface area contributed by atoms with E-state index in [4.69, 9.17) is 15.0 Å². The topological polar surface area (TPSA) is 73.6 Å². The second-order valence-corrected chi connectivity index (χ2v) is 6.78. The Kier molecular flexibility index (Phi) is 6.09. The summed E-state index contributed by atoms with van der Waals surface area (Å²) in [6.07, 6.45) is 15.8. The summed E-state index contributed by atoms with van der Waals surface area (Å²) in [5.41, 5.74) is 8.04. The molecule has 1 aromatic rings. The molecule has 1 heterocycles. The second-order valence-electron chi connectivity index (χ2n) is 6.78. The van der Waals surface area contributed by atoms with Crippen LogP contribution in [0.25, 0.3) is 0 Å². The number of ether oxygens (including phenoxy) is 1. The molecule has 25 heavy (non-hydrogen) atoms. The molecule has 0 atom stereocenters. The van der Waals surface area contributed by atoms with Crippen molar-refractivity contribution in [3.05, 3.63) is 53.8 Å². The first-order valence-corrected chi connectivity index (χ1v) is 9.15. The van der Waals surface area contributed by atoms with Gasteiger partial charge in [0.1, 0.15) is 11.6 Å². The smallest absolute Gasteiger partial charge is 0.144 e. The fourth-order valence-corrected chi connectivity index (χ4v) is 3.40. The van der Waals surface area contributed by atoms with Crippen molar-refractivity contribution >= 4 is 5.84 Å². The molecule has 1 aromatic heterocycles. The van der Waals surface area contributed by atoms with Crippen molar-refractivity contribution in [3.8, 4) is 0 Å². The van der Waals surface area contributed by atoms with Crippen molar-refractivity contribution in [1.82, 2.24) is 5.16 Å². The molecule has 2 N–H and O–H groups in total. The summed E-state index contributed by atoms with van der Waals surface area (Å²) in [5, 5.41) is 4.13. The molecule has 0 amide bonds. The van der Waals surface area contributed by atoms with E-state index in [1.54, 1.807) is 0 Å². The first kappa shape index (κ1) is 17.5. The normalized spacial score (nSPS) is 19.3. The molecular formula is C20H27N3O2. The molecule has 134 valence electrons. The van der Waals surface area contributed by atoms with E-state index in [-0.39, 0.29) is 0 Å². The molecule has 0 unspecified atom stereocenters. The number of aromatic nitrogens is 1. The quantitative estimate of drug-likeness (QED) is 0.595. The van der Waals surface area contributed by atoms with Crippen LogP contribution in [0.5, 0.6) is 0 Å². The number of amidine groups is 1. The van der Waals surface area contributed by atoms with Gasteiger partial charge >= 0.3 is 0 Å². The Hall–Kier alpha value is -2.30. The molecular weight excluding hydrogens is 314 g/mol. The highest BCUT2D eigenvalue weighted by Gasteiger charge is 2.17. The Morgan fingerprint density at radius 3 is 2.88 bits per heavy atom. The van der Waals surface area contributed by atoms with Gasteiger partial charge in [0.25, 0.3) is 0 Å².